The van der Waals surface area contributed by atoms with Crippen LogP contribution in [0.3, 0.4) is 0 Å². The molecular weight excluding hydrogens is 268 g/mol. The molecule has 1 saturated heterocycles. The molecule has 21 heavy (non-hydrogen) atoms. The average Bonchev–Trinajstić information content (AvgIpc) is 2.88. The Morgan fingerprint density at radius 1 is 1.29 bits per heavy atom. The highest BCUT2D eigenvalue weighted by Gasteiger charge is 2.40. The molecule has 1 aliphatic heterocycles. The molecule has 5 nitrogen and oxygen atoms in total. The van der Waals surface area contributed by atoms with Crippen molar-refractivity contribution in [2.45, 2.75) is 19.4 Å². The molecule has 2 atom stereocenters. The second-order valence-electron chi connectivity index (χ2n) is 5.43. The second kappa shape index (κ2) is 5.16. The highest BCUT2D eigenvalue weighted by atomic mass is 16.4. The van der Waals surface area contributed by atoms with Crippen LogP contribution in [0.15, 0.2) is 36.5 Å². The summed E-state index contributed by atoms with van der Waals surface area (Å²) < 4.78 is 0. The number of para-hydroxylation sites is 1. The molecule has 1 fully saturated rings. The Balaban J connectivity index is 2.03. The van der Waals surface area contributed by atoms with E-state index in [0.29, 0.717) is 24.0 Å². The van der Waals surface area contributed by atoms with Gasteiger partial charge < -0.3 is 10.0 Å². The number of carboxylic acid groups (broad SMARTS) is 1. The monoisotopic (exact) mass is 284 g/mol. The number of pyridine rings is 1. The fraction of sp³-hybridized carbons (Fsp3) is 0.312. The van der Waals surface area contributed by atoms with Crippen LogP contribution in [-0.2, 0) is 4.79 Å². The van der Waals surface area contributed by atoms with Crippen LogP contribution in [0.1, 0.15) is 23.7 Å². The van der Waals surface area contributed by atoms with Crippen molar-refractivity contribution >= 4 is 22.8 Å². The Hall–Kier alpha value is -2.43. The van der Waals surface area contributed by atoms with Gasteiger partial charge in [0.25, 0.3) is 5.91 Å². The summed E-state index contributed by atoms with van der Waals surface area (Å²) in [7, 11) is 0. The van der Waals surface area contributed by atoms with Crippen LogP contribution < -0.4 is 0 Å². The van der Waals surface area contributed by atoms with E-state index in [0.717, 1.165) is 5.39 Å². The van der Waals surface area contributed by atoms with E-state index in [-0.39, 0.29) is 11.8 Å². The third kappa shape index (κ3) is 2.24. The van der Waals surface area contributed by atoms with Crippen LogP contribution in [0.25, 0.3) is 10.9 Å². The SMILES string of the molecule is CC1CCN(C(=O)c2cccc3cccnc23)C1C(=O)O. The molecule has 2 heterocycles. The first-order chi connectivity index (χ1) is 10.1. The van der Waals surface area contributed by atoms with Gasteiger partial charge in [-0.2, -0.15) is 0 Å². The first-order valence-corrected chi connectivity index (χ1v) is 6.97. The minimum atomic E-state index is -0.943. The largest absolute Gasteiger partial charge is 0.480 e. The van der Waals surface area contributed by atoms with Crippen molar-refractivity contribution in [2.24, 2.45) is 5.92 Å². The molecule has 2 aromatic rings. The zero-order valence-electron chi connectivity index (χ0n) is 11.7. The average molecular weight is 284 g/mol. The lowest BCUT2D eigenvalue weighted by Crippen LogP contribution is -2.42. The number of carbonyl (C=O) groups excluding carboxylic acids is 1. The lowest BCUT2D eigenvalue weighted by Gasteiger charge is -2.23. The normalized spacial score (nSPS) is 21.7. The number of hydrogen-bond acceptors (Lipinski definition) is 3. The first-order valence-electron chi connectivity index (χ1n) is 6.97. The van der Waals surface area contributed by atoms with E-state index in [1.54, 1.807) is 18.3 Å². The maximum absolute atomic E-state index is 12.7. The van der Waals surface area contributed by atoms with Crippen LogP contribution in [0.2, 0.25) is 0 Å². The molecule has 5 heteroatoms. The van der Waals surface area contributed by atoms with Crippen molar-refractivity contribution in [3.63, 3.8) is 0 Å². The van der Waals surface area contributed by atoms with Crippen LogP contribution in [-0.4, -0.2) is 39.5 Å². The van der Waals surface area contributed by atoms with Crippen LogP contribution >= 0.6 is 0 Å². The highest BCUT2D eigenvalue weighted by Crippen LogP contribution is 2.27. The van der Waals surface area contributed by atoms with E-state index in [1.807, 2.05) is 25.1 Å². The number of carbonyl (C=O) groups is 2. The molecule has 1 aromatic carbocycles. The molecule has 2 unspecified atom stereocenters. The first kappa shape index (κ1) is 13.5. The number of carboxylic acids is 1. The van der Waals surface area contributed by atoms with Gasteiger partial charge in [0.1, 0.15) is 6.04 Å². The number of aromatic nitrogens is 1. The molecule has 0 aliphatic carbocycles. The molecule has 1 N–H and O–H groups in total. The van der Waals surface area contributed by atoms with E-state index in [1.165, 1.54) is 4.90 Å². The molecule has 0 bridgehead atoms. The maximum atomic E-state index is 12.7. The summed E-state index contributed by atoms with van der Waals surface area (Å²) in [5.41, 5.74) is 1.09. The number of rotatable bonds is 2. The Kier molecular flexibility index (Phi) is 3.33. The third-order valence-electron chi connectivity index (χ3n) is 4.08. The predicted octanol–water partition coefficient (Wildman–Crippen LogP) is 2.17. The van der Waals surface area contributed by atoms with Gasteiger partial charge in [0.05, 0.1) is 11.1 Å². The van der Waals surface area contributed by atoms with Gasteiger partial charge in [-0.25, -0.2) is 4.79 Å². The molecule has 3 rings (SSSR count). The van der Waals surface area contributed by atoms with Gasteiger partial charge in [-0.3, -0.25) is 9.78 Å². The molecule has 1 aliphatic rings. The van der Waals surface area contributed by atoms with Crippen molar-refractivity contribution in [3.05, 3.63) is 42.1 Å². The van der Waals surface area contributed by atoms with Gasteiger partial charge >= 0.3 is 5.97 Å². The summed E-state index contributed by atoms with van der Waals surface area (Å²) in [5.74, 6) is -1.23. The lowest BCUT2D eigenvalue weighted by molar-refractivity contribution is -0.142. The van der Waals surface area contributed by atoms with E-state index in [9.17, 15) is 14.7 Å². The second-order valence-corrected chi connectivity index (χ2v) is 5.43. The Bertz CT molecular complexity index is 708. The van der Waals surface area contributed by atoms with Crippen LogP contribution in [0.5, 0.6) is 0 Å². The fourth-order valence-electron chi connectivity index (χ4n) is 2.98. The van der Waals surface area contributed by atoms with Gasteiger partial charge in [-0.05, 0) is 24.5 Å². The summed E-state index contributed by atoms with van der Waals surface area (Å²) in [6.45, 7) is 2.34. The molecule has 0 saturated carbocycles. The van der Waals surface area contributed by atoms with E-state index in [4.69, 9.17) is 0 Å². The molecule has 0 spiro atoms. The minimum absolute atomic E-state index is 0.0330. The van der Waals surface area contributed by atoms with Gasteiger partial charge in [0, 0.05) is 18.1 Å². The number of hydrogen-bond donors (Lipinski definition) is 1. The van der Waals surface area contributed by atoms with Gasteiger partial charge in [0.2, 0.25) is 0 Å². The topological polar surface area (TPSA) is 70.5 Å². The van der Waals surface area contributed by atoms with E-state index in [2.05, 4.69) is 4.98 Å². The molecule has 0 radical (unpaired) electrons. The van der Waals surface area contributed by atoms with Crippen molar-refractivity contribution in [3.8, 4) is 0 Å². The van der Waals surface area contributed by atoms with Crippen molar-refractivity contribution in [2.75, 3.05) is 6.54 Å². The van der Waals surface area contributed by atoms with Crippen molar-refractivity contribution in [1.29, 1.82) is 0 Å². The van der Waals surface area contributed by atoms with E-state index < -0.39 is 12.0 Å². The summed E-state index contributed by atoms with van der Waals surface area (Å²) in [6, 6.07) is 8.35. The van der Waals surface area contributed by atoms with Crippen molar-refractivity contribution < 1.29 is 14.7 Å². The lowest BCUT2D eigenvalue weighted by atomic mass is 10.0. The number of fused-ring (bicyclic) bond motifs is 1. The zero-order valence-corrected chi connectivity index (χ0v) is 11.7. The zero-order chi connectivity index (χ0) is 15.0. The number of likely N-dealkylation sites (tertiary alicyclic amines) is 1. The minimum Gasteiger partial charge on any atom is -0.480 e. The summed E-state index contributed by atoms with van der Waals surface area (Å²) >= 11 is 0. The smallest absolute Gasteiger partial charge is 0.326 e. The van der Waals surface area contributed by atoms with E-state index >= 15 is 0 Å². The maximum Gasteiger partial charge on any atom is 0.326 e. The predicted molar refractivity (Wildman–Crippen MR) is 78.0 cm³/mol. The third-order valence-corrected chi connectivity index (χ3v) is 4.08. The standard InChI is InChI=1S/C16H16N2O3/c1-10-7-9-18(14(10)16(20)21)15(19)12-6-2-4-11-5-3-8-17-13(11)12/h2-6,8,10,14H,7,9H2,1H3,(H,20,21). The number of aliphatic carboxylic acids is 1. The Labute approximate surface area is 122 Å². The number of nitrogens with zero attached hydrogens (tertiary/aromatic N) is 2. The van der Waals surface area contributed by atoms with Crippen molar-refractivity contribution in [1.82, 2.24) is 9.88 Å². The van der Waals surface area contributed by atoms with Gasteiger partial charge in [-0.15, -0.1) is 0 Å². The summed E-state index contributed by atoms with van der Waals surface area (Å²) in [4.78, 5) is 29.9. The Morgan fingerprint density at radius 2 is 2.05 bits per heavy atom. The summed E-state index contributed by atoms with van der Waals surface area (Å²) in [5, 5.41) is 10.2. The van der Waals surface area contributed by atoms with Crippen LogP contribution in [0.4, 0.5) is 0 Å². The molecule has 1 aromatic heterocycles. The highest BCUT2D eigenvalue weighted by molar-refractivity contribution is 6.06. The number of benzene rings is 1. The van der Waals surface area contributed by atoms with Crippen LogP contribution in [0, 0.1) is 5.92 Å². The Morgan fingerprint density at radius 3 is 2.81 bits per heavy atom. The van der Waals surface area contributed by atoms with Gasteiger partial charge in [0.15, 0.2) is 0 Å². The quantitative estimate of drug-likeness (QED) is 0.917. The molecule has 108 valence electrons. The van der Waals surface area contributed by atoms with Gasteiger partial charge in [-0.1, -0.05) is 25.1 Å². The summed E-state index contributed by atoms with van der Waals surface area (Å²) in [6.07, 6.45) is 2.35. The molecular formula is C16H16N2O3. The fourth-order valence-corrected chi connectivity index (χ4v) is 2.98. The number of amides is 1. The molecule has 1 amide bonds.